The standard InChI is InChI=1S/C18H14BrN3O5/c1-27-18(26)11-3-2-4-14(16(11)24)21-15(23)8-22-9-20-13-6-5-10(19)7-12(13)17(22)25/h2-7,9,24H,8H2,1H3,(H,21,23). The summed E-state index contributed by atoms with van der Waals surface area (Å²) in [5.74, 6) is -1.71. The lowest BCUT2D eigenvalue weighted by molar-refractivity contribution is -0.116. The molecule has 0 fully saturated rings. The molecule has 3 rings (SSSR count). The topological polar surface area (TPSA) is 111 Å². The smallest absolute Gasteiger partial charge is 0.341 e. The van der Waals surface area contributed by atoms with Gasteiger partial charge in [0.1, 0.15) is 12.1 Å². The number of benzene rings is 2. The molecule has 138 valence electrons. The monoisotopic (exact) mass is 431 g/mol. The Balaban J connectivity index is 1.85. The van der Waals surface area contributed by atoms with Crippen molar-refractivity contribution in [3.8, 4) is 5.75 Å². The molecule has 0 radical (unpaired) electrons. The number of nitrogens with one attached hydrogen (secondary N) is 1. The number of nitrogens with zero attached hydrogens (tertiary/aromatic N) is 2. The Morgan fingerprint density at radius 3 is 2.81 bits per heavy atom. The number of esters is 1. The average Bonchev–Trinajstić information content (AvgIpc) is 2.65. The number of carbonyl (C=O) groups is 2. The molecule has 2 N–H and O–H groups in total. The van der Waals surface area contributed by atoms with Crippen LogP contribution in [0.25, 0.3) is 10.9 Å². The number of hydrogen-bond acceptors (Lipinski definition) is 6. The van der Waals surface area contributed by atoms with Gasteiger partial charge in [0.05, 0.1) is 30.0 Å². The fourth-order valence-corrected chi connectivity index (χ4v) is 2.87. The molecule has 0 saturated carbocycles. The highest BCUT2D eigenvalue weighted by molar-refractivity contribution is 9.10. The number of hydrogen-bond donors (Lipinski definition) is 2. The van der Waals surface area contributed by atoms with Crippen LogP contribution in [-0.4, -0.2) is 33.6 Å². The first kappa shape index (κ1) is 18.6. The summed E-state index contributed by atoms with van der Waals surface area (Å²) in [6.07, 6.45) is 1.28. The van der Waals surface area contributed by atoms with Crippen LogP contribution in [-0.2, 0) is 16.1 Å². The summed E-state index contributed by atoms with van der Waals surface area (Å²) < 4.78 is 6.45. The molecule has 0 aliphatic rings. The number of aromatic hydroxyl groups is 1. The lowest BCUT2D eigenvalue weighted by Crippen LogP contribution is -2.28. The number of aromatic nitrogens is 2. The normalized spacial score (nSPS) is 10.6. The Hall–Kier alpha value is -3.20. The van der Waals surface area contributed by atoms with Crippen LogP contribution in [0.15, 0.2) is 52.0 Å². The van der Waals surface area contributed by atoms with Crippen LogP contribution >= 0.6 is 15.9 Å². The van der Waals surface area contributed by atoms with Gasteiger partial charge in [0.2, 0.25) is 5.91 Å². The van der Waals surface area contributed by atoms with Crippen LogP contribution in [0.2, 0.25) is 0 Å². The number of carbonyl (C=O) groups excluding carboxylic acids is 2. The fraction of sp³-hybridized carbons (Fsp3) is 0.111. The summed E-state index contributed by atoms with van der Waals surface area (Å²) in [6.45, 7) is -0.309. The SMILES string of the molecule is COC(=O)c1cccc(NC(=O)Cn2cnc3ccc(Br)cc3c2=O)c1O. The highest BCUT2D eigenvalue weighted by atomic mass is 79.9. The summed E-state index contributed by atoms with van der Waals surface area (Å²) in [7, 11) is 1.19. The Morgan fingerprint density at radius 1 is 1.30 bits per heavy atom. The van der Waals surface area contributed by atoms with Gasteiger partial charge in [-0.1, -0.05) is 22.0 Å². The lowest BCUT2D eigenvalue weighted by Gasteiger charge is -2.11. The largest absolute Gasteiger partial charge is 0.505 e. The van der Waals surface area contributed by atoms with Crippen LogP contribution in [0.5, 0.6) is 5.75 Å². The maximum atomic E-state index is 12.5. The molecular formula is C18H14BrN3O5. The van der Waals surface area contributed by atoms with Crippen LogP contribution in [0.3, 0.4) is 0 Å². The Labute approximate surface area is 161 Å². The van der Waals surface area contributed by atoms with E-state index >= 15 is 0 Å². The van der Waals surface area contributed by atoms with E-state index in [1.165, 1.54) is 31.6 Å². The summed E-state index contributed by atoms with van der Waals surface area (Å²) >= 11 is 3.30. The van der Waals surface area contributed by atoms with Crippen molar-refractivity contribution in [2.24, 2.45) is 0 Å². The third-order valence-electron chi connectivity index (χ3n) is 3.82. The van der Waals surface area contributed by atoms with Gasteiger partial charge in [0, 0.05) is 4.47 Å². The number of fused-ring (bicyclic) bond motifs is 1. The van der Waals surface area contributed by atoms with Crippen LogP contribution in [0.1, 0.15) is 10.4 Å². The van der Waals surface area contributed by atoms with E-state index in [4.69, 9.17) is 0 Å². The number of phenols is 1. The summed E-state index contributed by atoms with van der Waals surface area (Å²) in [5, 5.41) is 13.0. The van der Waals surface area contributed by atoms with Gasteiger partial charge in [-0.2, -0.15) is 0 Å². The van der Waals surface area contributed by atoms with Crippen LogP contribution in [0.4, 0.5) is 5.69 Å². The van der Waals surface area contributed by atoms with Crippen LogP contribution < -0.4 is 10.9 Å². The van der Waals surface area contributed by atoms with E-state index < -0.39 is 17.6 Å². The van der Waals surface area contributed by atoms with Crippen molar-refractivity contribution >= 4 is 44.4 Å². The maximum Gasteiger partial charge on any atom is 0.341 e. The predicted octanol–water partition coefficient (Wildman–Crippen LogP) is 2.29. The molecule has 0 atom stereocenters. The number of halogens is 1. The van der Waals surface area contributed by atoms with E-state index in [0.29, 0.717) is 10.9 Å². The Kier molecular flexibility index (Phi) is 5.22. The van der Waals surface area contributed by atoms with E-state index in [1.807, 2.05) is 0 Å². The van der Waals surface area contributed by atoms with Crippen molar-refractivity contribution in [3.05, 3.63) is 63.1 Å². The van der Waals surface area contributed by atoms with Crippen molar-refractivity contribution in [2.45, 2.75) is 6.54 Å². The second-order valence-electron chi connectivity index (χ2n) is 5.58. The zero-order valence-corrected chi connectivity index (χ0v) is 15.7. The van der Waals surface area contributed by atoms with Crippen molar-refractivity contribution in [2.75, 3.05) is 12.4 Å². The summed E-state index contributed by atoms with van der Waals surface area (Å²) in [6, 6.07) is 9.38. The average molecular weight is 432 g/mol. The molecule has 0 spiro atoms. The number of phenolic OH excluding ortho intramolecular Hbond substituents is 1. The molecule has 1 heterocycles. The second kappa shape index (κ2) is 7.58. The third kappa shape index (κ3) is 3.82. The van der Waals surface area contributed by atoms with Crippen molar-refractivity contribution in [1.82, 2.24) is 9.55 Å². The van der Waals surface area contributed by atoms with E-state index in [1.54, 1.807) is 18.2 Å². The highest BCUT2D eigenvalue weighted by Crippen LogP contribution is 2.28. The first-order chi connectivity index (χ1) is 12.9. The number of amides is 1. The number of ether oxygens (including phenoxy) is 1. The molecule has 27 heavy (non-hydrogen) atoms. The number of methoxy groups -OCH3 is 1. The zero-order valence-electron chi connectivity index (χ0n) is 14.1. The van der Waals surface area contributed by atoms with Gasteiger partial charge < -0.3 is 15.2 Å². The number of para-hydroxylation sites is 1. The lowest BCUT2D eigenvalue weighted by atomic mass is 10.1. The third-order valence-corrected chi connectivity index (χ3v) is 4.31. The fourth-order valence-electron chi connectivity index (χ4n) is 2.51. The molecule has 2 aromatic carbocycles. The minimum atomic E-state index is -0.732. The molecule has 0 aliphatic heterocycles. The van der Waals surface area contributed by atoms with Crippen LogP contribution in [0, 0.1) is 0 Å². The predicted molar refractivity (Wildman–Crippen MR) is 102 cm³/mol. The number of anilines is 1. The van der Waals surface area contributed by atoms with Crippen molar-refractivity contribution in [3.63, 3.8) is 0 Å². The molecule has 9 heteroatoms. The van der Waals surface area contributed by atoms with E-state index in [-0.39, 0.29) is 23.4 Å². The van der Waals surface area contributed by atoms with Crippen molar-refractivity contribution in [1.29, 1.82) is 0 Å². The van der Waals surface area contributed by atoms with Gasteiger partial charge in [0.25, 0.3) is 5.56 Å². The maximum absolute atomic E-state index is 12.5. The van der Waals surface area contributed by atoms with Gasteiger partial charge in [-0.05, 0) is 30.3 Å². The minimum Gasteiger partial charge on any atom is -0.505 e. The molecule has 0 saturated heterocycles. The van der Waals surface area contributed by atoms with E-state index in [2.05, 4.69) is 31.0 Å². The molecule has 0 aliphatic carbocycles. The molecule has 0 bridgehead atoms. The van der Waals surface area contributed by atoms with Gasteiger partial charge in [-0.3, -0.25) is 14.2 Å². The van der Waals surface area contributed by atoms with Gasteiger partial charge >= 0.3 is 5.97 Å². The Bertz CT molecular complexity index is 1110. The molecule has 8 nitrogen and oxygen atoms in total. The van der Waals surface area contributed by atoms with Gasteiger partial charge in [-0.25, -0.2) is 9.78 Å². The summed E-state index contributed by atoms with van der Waals surface area (Å²) in [5.41, 5.74) is 0.101. The van der Waals surface area contributed by atoms with Gasteiger partial charge in [-0.15, -0.1) is 0 Å². The van der Waals surface area contributed by atoms with Crippen molar-refractivity contribution < 1.29 is 19.4 Å². The van der Waals surface area contributed by atoms with E-state index in [9.17, 15) is 19.5 Å². The zero-order chi connectivity index (χ0) is 19.6. The molecule has 3 aromatic rings. The minimum absolute atomic E-state index is 0.0347. The first-order valence-corrected chi connectivity index (χ1v) is 8.55. The first-order valence-electron chi connectivity index (χ1n) is 7.75. The van der Waals surface area contributed by atoms with Gasteiger partial charge in [0.15, 0.2) is 5.75 Å². The molecular weight excluding hydrogens is 418 g/mol. The summed E-state index contributed by atoms with van der Waals surface area (Å²) in [4.78, 5) is 40.6. The second-order valence-corrected chi connectivity index (χ2v) is 6.50. The Morgan fingerprint density at radius 2 is 2.07 bits per heavy atom. The molecule has 1 aromatic heterocycles. The molecule has 0 unspecified atom stereocenters. The van der Waals surface area contributed by atoms with E-state index in [0.717, 1.165) is 9.04 Å². The highest BCUT2D eigenvalue weighted by Gasteiger charge is 2.16. The molecule has 1 amide bonds. The number of rotatable bonds is 4. The quantitative estimate of drug-likeness (QED) is 0.484.